The second-order valence-corrected chi connectivity index (χ2v) is 3.23. The molecular weight excluding hydrogens is 162 g/mol. The van der Waals surface area contributed by atoms with Gasteiger partial charge in [-0.3, -0.25) is 0 Å². The van der Waals surface area contributed by atoms with E-state index in [4.69, 9.17) is 5.73 Å². The number of nitrogens with two attached hydrogens (primary N) is 1. The summed E-state index contributed by atoms with van der Waals surface area (Å²) in [6.45, 7) is 4.27. The lowest BCUT2D eigenvalue weighted by Crippen LogP contribution is -1.93. The third-order valence-corrected chi connectivity index (χ3v) is 1.41. The highest BCUT2D eigenvalue weighted by Gasteiger charge is 1.89. The highest BCUT2D eigenvalue weighted by atomic mass is 15.0. The van der Waals surface area contributed by atoms with Crippen LogP contribution in [0.15, 0.2) is 12.4 Å². The largest absolute Gasteiger partial charge is 0.368 e. The van der Waals surface area contributed by atoms with Crippen molar-refractivity contribution in [3.63, 3.8) is 0 Å². The predicted molar refractivity (Wildman–Crippen MR) is 52.8 cm³/mol. The molecule has 0 unspecified atom stereocenters. The Morgan fingerprint density at radius 2 is 2.00 bits per heavy atom. The van der Waals surface area contributed by atoms with Gasteiger partial charge in [0, 0.05) is 18.8 Å². The second kappa shape index (κ2) is 4.46. The molecule has 1 aromatic rings. The van der Waals surface area contributed by atoms with E-state index in [2.05, 4.69) is 35.7 Å². The third-order valence-electron chi connectivity index (χ3n) is 1.41. The molecule has 0 atom stereocenters. The molecule has 0 saturated heterocycles. The predicted octanol–water partition coefficient (Wildman–Crippen LogP) is 1.46. The topological polar surface area (TPSA) is 51.8 Å². The van der Waals surface area contributed by atoms with E-state index >= 15 is 0 Å². The molecule has 0 bridgehead atoms. The summed E-state index contributed by atoms with van der Waals surface area (Å²) in [6, 6.07) is 0. The van der Waals surface area contributed by atoms with Gasteiger partial charge in [0.1, 0.15) is 0 Å². The van der Waals surface area contributed by atoms with Gasteiger partial charge in [-0.05, 0) is 5.92 Å². The Morgan fingerprint density at radius 1 is 1.38 bits per heavy atom. The first kappa shape index (κ1) is 9.53. The van der Waals surface area contributed by atoms with Crippen LogP contribution >= 0.6 is 0 Å². The van der Waals surface area contributed by atoms with E-state index in [-0.39, 0.29) is 5.95 Å². The zero-order valence-corrected chi connectivity index (χ0v) is 7.91. The molecule has 0 aliphatic heterocycles. The van der Waals surface area contributed by atoms with Crippen molar-refractivity contribution in [3.8, 4) is 11.8 Å². The summed E-state index contributed by atoms with van der Waals surface area (Å²) in [4.78, 5) is 7.68. The summed E-state index contributed by atoms with van der Waals surface area (Å²) >= 11 is 0. The summed E-state index contributed by atoms with van der Waals surface area (Å²) in [7, 11) is 0. The quantitative estimate of drug-likeness (QED) is 0.657. The molecule has 3 heteroatoms. The standard InChI is InChI=1S/C10H13N3/c1-8(2)4-3-5-9-6-12-10(11)13-7-9/h6-8H,4H2,1-2H3,(H2,11,12,13). The highest BCUT2D eigenvalue weighted by Crippen LogP contribution is 1.98. The van der Waals surface area contributed by atoms with E-state index in [9.17, 15) is 0 Å². The first-order valence-corrected chi connectivity index (χ1v) is 4.25. The maximum absolute atomic E-state index is 5.33. The number of hydrogen-bond donors (Lipinski definition) is 1. The lowest BCUT2D eigenvalue weighted by atomic mass is 10.1. The molecule has 0 saturated carbocycles. The van der Waals surface area contributed by atoms with Crippen LogP contribution in [-0.4, -0.2) is 9.97 Å². The Hall–Kier alpha value is -1.56. The van der Waals surface area contributed by atoms with Crippen LogP contribution in [-0.2, 0) is 0 Å². The molecule has 68 valence electrons. The van der Waals surface area contributed by atoms with Crippen LogP contribution in [0.25, 0.3) is 0 Å². The molecule has 1 heterocycles. The van der Waals surface area contributed by atoms with Crippen LogP contribution in [0.1, 0.15) is 25.8 Å². The van der Waals surface area contributed by atoms with Crippen LogP contribution in [0.2, 0.25) is 0 Å². The maximum Gasteiger partial charge on any atom is 0.219 e. The number of anilines is 1. The number of rotatable bonds is 1. The first-order chi connectivity index (χ1) is 6.18. The van der Waals surface area contributed by atoms with Gasteiger partial charge >= 0.3 is 0 Å². The molecule has 0 aromatic carbocycles. The molecule has 0 aliphatic rings. The van der Waals surface area contributed by atoms with Crippen molar-refractivity contribution in [2.75, 3.05) is 5.73 Å². The Bertz CT molecular complexity index is 316. The van der Waals surface area contributed by atoms with Crippen molar-refractivity contribution >= 4 is 5.95 Å². The minimum absolute atomic E-state index is 0.286. The van der Waals surface area contributed by atoms with Gasteiger partial charge < -0.3 is 5.73 Å². The fourth-order valence-corrected chi connectivity index (χ4v) is 0.760. The van der Waals surface area contributed by atoms with Gasteiger partial charge in [-0.1, -0.05) is 25.7 Å². The maximum atomic E-state index is 5.33. The first-order valence-electron chi connectivity index (χ1n) is 4.25. The van der Waals surface area contributed by atoms with Crippen LogP contribution in [0, 0.1) is 17.8 Å². The van der Waals surface area contributed by atoms with Crippen LogP contribution < -0.4 is 5.73 Å². The van der Waals surface area contributed by atoms with Gasteiger partial charge in [-0.15, -0.1) is 0 Å². The van der Waals surface area contributed by atoms with Crippen molar-refractivity contribution in [1.82, 2.24) is 9.97 Å². The molecule has 2 N–H and O–H groups in total. The minimum Gasteiger partial charge on any atom is -0.368 e. The number of nitrogens with zero attached hydrogens (tertiary/aromatic N) is 2. The van der Waals surface area contributed by atoms with E-state index in [1.165, 1.54) is 0 Å². The van der Waals surface area contributed by atoms with Gasteiger partial charge in [0.25, 0.3) is 0 Å². The van der Waals surface area contributed by atoms with Crippen LogP contribution in [0.5, 0.6) is 0 Å². The summed E-state index contributed by atoms with van der Waals surface area (Å²) < 4.78 is 0. The second-order valence-electron chi connectivity index (χ2n) is 3.23. The van der Waals surface area contributed by atoms with E-state index in [1.54, 1.807) is 12.4 Å². The fourth-order valence-electron chi connectivity index (χ4n) is 0.760. The average molecular weight is 175 g/mol. The van der Waals surface area contributed by atoms with Crippen molar-refractivity contribution in [2.24, 2.45) is 5.92 Å². The summed E-state index contributed by atoms with van der Waals surface area (Å²) in [5.74, 6) is 6.91. The molecule has 1 rings (SSSR count). The molecule has 0 aliphatic carbocycles. The van der Waals surface area contributed by atoms with E-state index < -0.39 is 0 Å². The average Bonchev–Trinajstić information content (AvgIpc) is 2.08. The van der Waals surface area contributed by atoms with Crippen LogP contribution in [0.3, 0.4) is 0 Å². The van der Waals surface area contributed by atoms with Gasteiger partial charge in [0.05, 0.1) is 5.56 Å². The Labute approximate surface area is 78.4 Å². The van der Waals surface area contributed by atoms with Crippen molar-refractivity contribution < 1.29 is 0 Å². The SMILES string of the molecule is CC(C)CC#Cc1cnc(N)nc1. The lowest BCUT2D eigenvalue weighted by molar-refractivity contribution is 0.676. The van der Waals surface area contributed by atoms with E-state index in [0.29, 0.717) is 5.92 Å². The number of hydrogen-bond acceptors (Lipinski definition) is 3. The summed E-state index contributed by atoms with van der Waals surface area (Å²) in [5.41, 5.74) is 6.15. The fraction of sp³-hybridized carbons (Fsp3) is 0.400. The van der Waals surface area contributed by atoms with Crippen molar-refractivity contribution in [2.45, 2.75) is 20.3 Å². The monoisotopic (exact) mass is 175 g/mol. The van der Waals surface area contributed by atoms with Crippen molar-refractivity contribution in [1.29, 1.82) is 0 Å². The van der Waals surface area contributed by atoms with Gasteiger partial charge in [-0.2, -0.15) is 0 Å². The third kappa shape index (κ3) is 3.57. The molecule has 1 aromatic heterocycles. The smallest absolute Gasteiger partial charge is 0.219 e. The van der Waals surface area contributed by atoms with E-state index in [1.807, 2.05) is 0 Å². The Morgan fingerprint density at radius 3 is 2.54 bits per heavy atom. The van der Waals surface area contributed by atoms with Gasteiger partial charge in [0.15, 0.2) is 0 Å². The Balaban J connectivity index is 2.62. The molecule has 0 fully saturated rings. The van der Waals surface area contributed by atoms with Crippen molar-refractivity contribution in [3.05, 3.63) is 18.0 Å². The normalized spacial score (nSPS) is 9.46. The molecule has 0 spiro atoms. The number of aromatic nitrogens is 2. The summed E-state index contributed by atoms with van der Waals surface area (Å²) in [6.07, 6.45) is 4.16. The molecule has 0 radical (unpaired) electrons. The number of nitrogen functional groups attached to an aromatic ring is 1. The Kier molecular flexibility index (Phi) is 3.27. The molecule has 0 amide bonds. The molecule has 13 heavy (non-hydrogen) atoms. The zero-order valence-electron chi connectivity index (χ0n) is 7.91. The van der Waals surface area contributed by atoms with Gasteiger partial charge in [-0.25, -0.2) is 9.97 Å². The minimum atomic E-state index is 0.286. The van der Waals surface area contributed by atoms with Crippen LogP contribution in [0.4, 0.5) is 5.95 Å². The highest BCUT2D eigenvalue weighted by molar-refractivity contribution is 5.31. The molecule has 3 nitrogen and oxygen atoms in total. The summed E-state index contributed by atoms with van der Waals surface area (Å²) in [5, 5.41) is 0. The van der Waals surface area contributed by atoms with E-state index in [0.717, 1.165) is 12.0 Å². The lowest BCUT2D eigenvalue weighted by Gasteiger charge is -1.93. The zero-order chi connectivity index (χ0) is 9.68. The van der Waals surface area contributed by atoms with Gasteiger partial charge in [0.2, 0.25) is 5.95 Å². The molecular formula is C10H13N3.